The highest BCUT2D eigenvalue weighted by Crippen LogP contribution is 2.29. The summed E-state index contributed by atoms with van der Waals surface area (Å²) in [5, 5.41) is 6.38. The van der Waals surface area contributed by atoms with Crippen molar-refractivity contribution in [2.45, 2.75) is 13.8 Å². The monoisotopic (exact) mass is 358 g/mol. The van der Waals surface area contributed by atoms with Crippen molar-refractivity contribution in [2.75, 3.05) is 5.32 Å². The van der Waals surface area contributed by atoms with E-state index in [1.807, 2.05) is 50.2 Å². The second kappa shape index (κ2) is 7.06. The van der Waals surface area contributed by atoms with Gasteiger partial charge in [0.05, 0.1) is 5.69 Å². The Morgan fingerprint density at radius 1 is 0.769 bits per heavy atom. The quantitative estimate of drug-likeness (QED) is 0.514. The first-order valence-corrected chi connectivity index (χ1v) is 9.26. The Balaban J connectivity index is 1.54. The first-order chi connectivity index (χ1) is 12.7. The summed E-state index contributed by atoms with van der Waals surface area (Å²) in [5.41, 5.74) is 6.09. The van der Waals surface area contributed by atoms with Crippen LogP contribution in [0.4, 0.5) is 11.6 Å². The lowest BCUT2D eigenvalue weighted by atomic mass is 10.1. The van der Waals surface area contributed by atoms with E-state index >= 15 is 0 Å². The molecule has 0 aliphatic rings. The third-order valence-corrected chi connectivity index (χ3v) is 4.84. The van der Waals surface area contributed by atoms with Gasteiger partial charge in [0.25, 0.3) is 0 Å². The molecule has 2 aromatic carbocycles. The summed E-state index contributed by atoms with van der Waals surface area (Å²) in [7, 11) is 0. The van der Waals surface area contributed by atoms with Gasteiger partial charge in [-0.25, -0.2) is 15.0 Å². The fourth-order valence-corrected chi connectivity index (χ4v) is 3.59. The summed E-state index contributed by atoms with van der Waals surface area (Å²) >= 11 is 1.66. The van der Waals surface area contributed by atoms with Gasteiger partial charge >= 0.3 is 0 Å². The van der Waals surface area contributed by atoms with E-state index in [1.165, 1.54) is 0 Å². The van der Waals surface area contributed by atoms with E-state index in [9.17, 15) is 0 Å². The zero-order chi connectivity index (χ0) is 17.9. The van der Waals surface area contributed by atoms with Crippen LogP contribution in [0, 0.1) is 13.8 Å². The lowest BCUT2D eigenvalue weighted by Gasteiger charge is -2.07. The van der Waals surface area contributed by atoms with Crippen molar-refractivity contribution < 1.29 is 0 Å². The highest BCUT2D eigenvalue weighted by molar-refractivity contribution is 7.13. The Labute approximate surface area is 156 Å². The molecule has 0 aliphatic heterocycles. The van der Waals surface area contributed by atoms with Crippen LogP contribution in [-0.2, 0) is 0 Å². The van der Waals surface area contributed by atoms with Gasteiger partial charge in [-0.2, -0.15) is 0 Å². The first-order valence-electron chi connectivity index (χ1n) is 8.38. The summed E-state index contributed by atoms with van der Waals surface area (Å²) in [5.74, 6) is 0.621. The number of anilines is 2. The van der Waals surface area contributed by atoms with Gasteiger partial charge in [-0.1, -0.05) is 42.5 Å². The second-order valence-corrected chi connectivity index (χ2v) is 6.94. The predicted molar refractivity (Wildman–Crippen MR) is 108 cm³/mol. The molecular weight excluding hydrogens is 340 g/mol. The van der Waals surface area contributed by atoms with Crippen LogP contribution in [0.25, 0.3) is 21.8 Å². The number of hydrogen-bond acceptors (Lipinski definition) is 5. The van der Waals surface area contributed by atoms with Crippen molar-refractivity contribution in [2.24, 2.45) is 0 Å². The molecule has 0 bridgehead atoms. The van der Waals surface area contributed by atoms with Crippen LogP contribution in [0.15, 0.2) is 66.0 Å². The maximum absolute atomic E-state index is 4.76. The third-order valence-electron chi connectivity index (χ3n) is 3.94. The van der Waals surface area contributed by atoms with E-state index in [1.54, 1.807) is 11.3 Å². The van der Waals surface area contributed by atoms with Crippen molar-refractivity contribution in [3.63, 3.8) is 0 Å². The Kier molecular flexibility index (Phi) is 4.46. The van der Waals surface area contributed by atoms with Crippen LogP contribution >= 0.6 is 11.3 Å². The highest BCUT2D eigenvalue weighted by Gasteiger charge is 2.07. The Morgan fingerprint density at radius 3 is 2.15 bits per heavy atom. The van der Waals surface area contributed by atoms with E-state index in [-0.39, 0.29) is 0 Å². The molecule has 2 aromatic heterocycles. The summed E-state index contributed by atoms with van der Waals surface area (Å²) in [6, 6.07) is 20.4. The highest BCUT2D eigenvalue weighted by atomic mass is 32.1. The number of aromatic nitrogens is 3. The minimum absolute atomic E-state index is 0.621. The van der Waals surface area contributed by atoms with Crippen LogP contribution in [-0.4, -0.2) is 15.0 Å². The van der Waals surface area contributed by atoms with E-state index in [2.05, 4.69) is 44.9 Å². The Hall–Kier alpha value is -3.05. The Bertz CT molecular complexity index is 1000. The lowest BCUT2D eigenvalue weighted by molar-refractivity contribution is 1.06. The SMILES string of the molecule is Cc1cc(C)nc(Nc2ccc(-c3csc(-c4ccccc4)n3)cc2)n1. The van der Waals surface area contributed by atoms with Crippen LogP contribution in [0.1, 0.15) is 11.4 Å². The minimum Gasteiger partial charge on any atom is -0.324 e. The summed E-state index contributed by atoms with van der Waals surface area (Å²) in [4.78, 5) is 13.6. The molecule has 0 atom stereocenters. The number of rotatable bonds is 4. The van der Waals surface area contributed by atoms with Gasteiger partial charge in [-0.05, 0) is 32.0 Å². The van der Waals surface area contributed by atoms with Gasteiger partial charge in [0.15, 0.2) is 0 Å². The van der Waals surface area contributed by atoms with Gasteiger partial charge in [0.1, 0.15) is 5.01 Å². The predicted octanol–water partition coefficient (Wildman–Crippen LogP) is 5.63. The summed E-state index contributed by atoms with van der Waals surface area (Å²) in [6.45, 7) is 3.94. The molecule has 26 heavy (non-hydrogen) atoms. The molecule has 0 spiro atoms. The number of hydrogen-bond donors (Lipinski definition) is 1. The van der Waals surface area contributed by atoms with Crippen molar-refractivity contribution in [3.05, 3.63) is 77.4 Å². The number of nitrogens with zero attached hydrogens (tertiary/aromatic N) is 3. The molecular formula is C21H18N4S. The molecule has 0 radical (unpaired) electrons. The molecule has 0 saturated carbocycles. The standard InChI is InChI=1S/C21H18N4S/c1-14-12-15(2)23-21(22-14)24-18-10-8-16(9-11-18)19-13-26-20(25-19)17-6-4-3-5-7-17/h3-13H,1-2H3,(H,22,23,24). The third kappa shape index (κ3) is 3.63. The van der Waals surface area contributed by atoms with Crippen LogP contribution in [0.3, 0.4) is 0 Å². The number of nitrogens with one attached hydrogen (secondary N) is 1. The molecule has 0 aliphatic carbocycles. The maximum Gasteiger partial charge on any atom is 0.227 e. The number of benzene rings is 2. The smallest absolute Gasteiger partial charge is 0.227 e. The molecule has 4 nitrogen and oxygen atoms in total. The van der Waals surface area contributed by atoms with Gasteiger partial charge in [-0.15, -0.1) is 11.3 Å². The van der Waals surface area contributed by atoms with Gasteiger partial charge < -0.3 is 5.32 Å². The molecule has 0 fully saturated rings. The molecule has 0 amide bonds. The number of aryl methyl sites for hydroxylation is 2. The molecule has 0 unspecified atom stereocenters. The van der Waals surface area contributed by atoms with Crippen LogP contribution < -0.4 is 5.32 Å². The van der Waals surface area contributed by atoms with Crippen molar-refractivity contribution >= 4 is 23.0 Å². The van der Waals surface area contributed by atoms with E-state index in [0.717, 1.165) is 38.9 Å². The van der Waals surface area contributed by atoms with E-state index < -0.39 is 0 Å². The van der Waals surface area contributed by atoms with E-state index in [4.69, 9.17) is 4.98 Å². The van der Waals surface area contributed by atoms with Gasteiger partial charge in [-0.3, -0.25) is 0 Å². The fourth-order valence-electron chi connectivity index (χ4n) is 2.75. The molecule has 5 heteroatoms. The fraction of sp³-hybridized carbons (Fsp3) is 0.0952. The maximum atomic E-state index is 4.76. The normalized spacial score (nSPS) is 10.7. The van der Waals surface area contributed by atoms with Crippen LogP contribution in [0.2, 0.25) is 0 Å². The zero-order valence-electron chi connectivity index (χ0n) is 14.6. The van der Waals surface area contributed by atoms with Crippen LogP contribution in [0.5, 0.6) is 0 Å². The molecule has 0 saturated heterocycles. The largest absolute Gasteiger partial charge is 0.324 e. The van der Waals surface area contributed by atoms with E-state index in [0.29, 0.717) is 5.95 Å². The average molecular weight is 358 g/mol. The van der Waals surface area contributed by atoms with Crippen molar-refractivity contribution in [1.29, 1.82) is 0 Å². The number of thiazole rings is 1. The average Bonchev–Trinajstić information content (AvgIpc) is 3.12. The summed E-state index contributed by atoms with van der Waals surface area (Å²) < 4.78 is 0. The van der Waals surface area contributed by atoms with Gasteiger partial charge in [0, 0.05) is 33.6 Å². The minimum atomic E-state index is 0.621. The second-order valence-electron chi connectivity index (χ2n) is 6.08. The Morgan fingerprint density at radius 2 is 1.46 bits per heavy atom. The zero-order valence-corrected chi connectivity index (χ0v) is 15.4. The first kappa shape index (κ1) is 16.4. The van der Waals surface area contributed by atoms with Crippen molar-refractivity contribution in [1.82, 2.24) is 15.0 Å². The van der Waals surface area contributed by atoms with Gasteiger partial charge in [0.2, 0.25) is 5.95 Å². The molecule has 2 heterocycles. The molecule has 128 valence electrons. The molecule has 1 N–H and O–H groups in total. The molecule has 4 aromatic rings. The van der Waals surface area contributed by atoms with Crippen molar-refractivity contribution in [3.8, 4) is 21.8 Å². The summed E-state index contributed by atoms with van der Waals surface area (Å²) in [6.07, 6.45) is 0. The molecule has 4 rings (SSSR count). The topological polar surface area (TPSA) is 50.7 Å². The lowest BCUT2D eigenvalue weighted by Crippen LogP contribution is -1.99.